The first-order chi connectivity index (χ1) is 7.93. The molecule has 3 N–H and O–H groups in total. The summed E-state index contributed by atoms with van der Waals surface area (Å²) in [6.07, 6.45) is 0. The van der Waals surface area contributed by atoms with Crippen molar-refractivity contribution in [3.8, 4) is 0 Å². The quantitative estimate of drug-likeness (QED) is 0.897. The van der Waals surface area contributed by atoms with Crippen molar-refractivity contribution in [2.75, 3.05) is 6.54 Å². The molecule has 0 bridgehead atoms. The van der Waals surface area contributed by atoms with Crippen LogP contribution in [0, 0.1) is 12.8 Å². The fourth-order valence-electron chi connectivity index (χ4n) is 1.36. The molecule has 1 atom stereocenters. The molecular weight excluding hydrogens is 280 g/mol. The third kappa shape index (κ3) is 3.82. The third-order valence-corrected chi connectivity index (χ3v) is 3.84. The smallest absolute Gasteiger partial charge is 0.252 e. The molecular formula is C13H19BrN2O. The van der Waals surface area contributed by atoms with Crippen molar-refractivity contribution in [1.29, 1.82) is 0 Å². The van der Waals surface area contributed by atoms with Crippen LogP contribution in [0.4, 0.5) is 0 Å². The van der Waals surface area contributed by atoms with Crippen molar-refractivity contribution in [3.05, 3.63) is 33.8 Å². The summed E-state index contributed by atoms with van der Waals surface area (Å²) in [4.78, 5) is 11.9. The molecule has 3 nitrogen and oxygen atoms in total. The lowest BCUT2D eigenvalue weighted by molar-refractivity contribution is 0.0948. The van der Waals surface area contributed by atoms with Crippen LogP contribution in [-0.4, -0.2) is 18.5 Å². The molecule has 0 heterocycles. The van der Waals surface area contributed by atoms with E-state index in [4.69, 9.17) is 5.73 Å². The number of benzene rings is 1. The zero-order chi connectivity index (χ0) is 13.0. The van der Waals surface area contributed by atoms with E-state index in [0.29, 0.717) is 18.0 Å². The van der Waals surface area contributed by atoms with E-state index < -0.39 is 0 Å². The molecule has 0 aliphatic heterocycles. The fourth-order valence-corrected chi connectivity index (χ4v) is 1.81. The number of rotatable bonds is 4. The van der Waals surface area contributed by atoms with Crippen molar-refractivity contribution >= 4 is 21.8 Å². The highest BCUT2D eigenvalue weighted by Gasteiger charge is 2.13. The SMILES string of the molecule is Cc1cccc(C(=O)NCC(N)C(C)C)c1Br. The van der Waals surface area contributed by atoms with Gasteiger partial charge in [0, 0.05) is 17.1 Å². The normalized spacial score (nSPS) is 12.6. The van der Waals surface area contributed by atoms with Gasteiger partial charge in [0.05, 0.1) is 5.56 Å². The highest BCUT2D eigenvalue weighted by molar-refractivity contribution is 9.10. The molecule has 0 aliphatic rings. The first kappa shape index (κ1) is 14.2. The molecule has 0 radical (unpaired) electrons. The predicted octanol–water partition coefficient (Wildman–Crippen LogP) is 2.47. The van der Waals surface area contributed by atoms with Gasteiger partial charge in [-0.1, -0.05) is 26.0 Å². The minimum Gasteiger partial charge on any atom is -0.350 e. The molecule has 1 amide bonds. The molecule has 0 spiro atoms. The van der Waals surface area contributed by atoms with Crippen LogP contribution in [0.5, 0.6) is 0 Å². The number of hydrogen-bond acceptors (Lipinski definition) is 2. The monoisotopic (exact) mass is 298 g/mol. The topological polar surface area (TPSA) is 55.1 Å². The molecule has 0 aromatic heterocycles. The highest BCUT2D eigenvalue weighted by Crippen LogP contribution is 2.20. The van der Waals surface area contributed by atoms with Crippen molar-refractivity contribution < 1.29 is 4.79 Å². The Hall–Kier alpha value is -0.870. The number of hydrogen-bond donors (Lipinski definition) is 2. The minimum absolute atomic E-state index is 0.0115. The number of nitrogens with two attached hydrogens (primary N) is 1. The number of carbonyl (C=O) groups is 1. The van der Waals surface area contributed by atoms with Crippen molar-refractivity contribution in [2.24, 2.45) is 11.7 Å². The number of halogens is 1. The highest BCUT2D eigenvalue weighted by atomic mass is 79.9. The van der Waals surface area contributed by atoms with Crippen LogP contribution in [0.1, 0.15) is 29.8 Å². The zero-order valence-corrected chi connectivity index (χ0v) is 12.0. The van der Waals surface area contributed by atoms with Crippen LogP contribution in [0.3, 0.4) is 0 Å². The van der Waals surface area contributed by atoms with E-state index in [9.17, 15) is 4.79 Å². The second-order valence-corrected chi connectivity index (χ2v) is 5.35. The number of nitrogens with one attached hydrogen (secondary N) is 1. The van der Waals surface area contributed by atoms with Gasteiger partial charge >= 0.3 is 0 Å². The van der Waals surface area contributed by atoms with Crippen LogP contribution in [0.25, 0.3) is 0 Å². The molecule has 4 heteroatoms. The lowest BCUT2D eigenvalue weighted by Crippen LogP contribution is -2.40. The Morgan fingerprint density at radius 3 is 2.71 bits per heavy atom. The molecule has 0 saturated heterocycles. The summed E-state index contributed by atoms with van der Waals surface area (Å²) in [6, 6.07) is 5.62. The Balaban J connectivity index is 2.68. The van der Waals surface area contributed by atoms with Crippen LogP contribution >= 0.6 is 15.9 Å². The van der Waals surface area contributed by atoms with Gasteiger partial charge < -0.3 is 11.1 Å². The second kappa shape index (κ2) is 6.17. The Kier molecular flexibility index (Phi) is 5.15. The van der Waals surface area contributed by atoms with Gasteiger partial charge in [0.15, 0.2) is 0 Å². The number of carbonyl (C=O) groups excluding carboxylic acids is 1. The fraction of sp³-hybridized carbons (Fsp3) is 0.462. The Morgan fingerprint density at radius 2 is 2.12 bits per heavy atom. The van der Waals surface area contributed by atoms with E-state index in [2.05, 4.69) is 21.2 Å². The molecule has 1 aromatic carbocycles. The van der Waals surface area contributed by atoms with Crippen LogP contribution in [0.15, 0.2) is 22.7 Å². The van der Waals surface area contributed by atoms with Gasteiger partial charge in [-0.25, -0.2) is 0 Å². The van der Waals surface area contributed by atoms with Crippen LogP contribution in [-0.2, 0) is 0 Å². The predicted molar refractivity (Wildman–Crippen MR) is 74.0 cm³/mol. The lowest BCUT2D eigenvalue weighted by atomic mass is 10.1. The molecule has 0 fully saturated rings. The van der Waals surface area contributed by atoms with E-state index in [1.807, 2.05) is 32.9 Å². The summed E-state index contributed by atoms with van der Waals surface area (Å²) in [6.45, 7) is 6.54. The number of amides is 1. The maximum Gasteiger partial charge on any atom is 0.252 e. The van der Waals surface area contributed by atoms with Gasteiger partial charge in [-0.3, -0.25) is 4.79 Å². The van der Waals surface area contributed by atoms with E-state index in [1.54, 1.807) is 6.07 Å². The minimum atomic E-state index is -0.0864. The summed E-state index contributed by atoms with van der Waals surface area (Å²) < 4.78 is 0.843. The average Bonchev–Trinajstić information content (AvgIpc) is 2.29. The van der Waals surface area contributed by atoms with E-state index >= 15 is 0 Å². The summed E-state index contributed by atoms with van der Waals surface area (Å²) >= 11 is 3.42. The molecule has 1 aromatic rings. The van der Waals surface area contributed by atoms with Crippen molar-refractivity contribution in [3.63, 3.8) is 0 Å². The van der Waals surface area contributed by atoms with Crippen molar-refractivity contribution in [2.45, 2.75) is 26.8 Å². The molecule has 17 heavy (non-hydrogen) atoms. The van der Waals surface area contributed by atoms with E-state index in [0.717, 1.165) is 10.0 Å². The first-order valence-electron chi connectivity index (χ1n) is 5.72. The standard InChI is InChI=1S/C13H19BrN2O/c1-8(2)11(15)7-16-13(17)10-6-4-5-9(3)12(10)14/h4-6,8,11H,7,15H2,1-3H3,(H,16,17). The lowest BCUT2D eigenvalue weighted by Gasteiger charge is -2.16. The number of aryl methyl sites for hydroxylation is 1. The van der Waals surface area contributed by atoms with Crippen molar-refractivity contribution in [1.82, 2.24) is 5.32 Å². The zero-order valence-electron chi connectivity index (χ0n) is 10.5. The van der Waals surface area contributed by atoms with Gasteiger partial charge in [-0.15, -0.1) is 0 Å². The largest absolute Gasteiger partial charge is 0.350 e. The summed E-state index contributed by atoms with van der Waals surface area (Å²) in [5, 5.41) is 2.85. The maximum atomic E-state index is 11.9. The molecule has 0 aliphatic carbocycles. The van der Waals surface area contributed by atoms with E-state index in [1.165, 1.54) is 0 Å². The molecule has 1 unspecified atom stereocenters. The van der Waals surface area contributed by atoms with Gasteiger partial charge in [0.25, 0.3) is 5.91 Å². The maximum absolute atomic E-state index is 11.9. The Morgan fingerprint density at radius 1 is 1.47 bits per heavy atom. The summed E-state index contributed by atoms with van der Waals surface area (Å²) in [5.41, 5.74) is 7.59. The first-order valence-corrected chi connectivity index (χ1v) is 6.51. The van der Waals surface area contributed by atoms with Gasteiger partial charge in [0.2, 0.25) is 0 Å². The Bertz CT molecular complexity index is 404. The van der Waals surface area contributed by atoms with Crippen LogP contribution < -0.4 is 11.1 Å². The third-order valence-electron chi connectivity index (χ3n) is 2.79. The summed E-state index contributed by atoms with van der Waals surface area (Å²) in [7, 11) is 0. The van der Waals surface area contributed by atoms with Crippen LogP contribution in [0.2, 0.25) is 0 Å². The van der Waals surface area contributed by atoms with E-state index in [-0.39, 0.29) is 11.9 Å². The molecule has 0 saturated carbocycles. The summed E-state index contributed by atoms with van der Waals surface area (Å²) in [5.74, 6) is 0.271. The van der Waals surface area contributed by atoms with Gasteiger partial charge in [0.1, 0.15) is 0 Å². The molecule has 94 valence electrons. The second-order valence-electron chi connectivity index (χ2n) is 4.55. The average molecular weight is 299 g/mol. The van der Waals surface area contributed by atoms with Gasteiger partial charge in [-0.2, -0.15) is 0 Å². The molecule has 1 rings (SSSR count). The van der Waals surface area contributed by atoms with Gasteiger partial charge in [-0.05, 0) is 40.4 Å². The Labute approximate surface area is 111 Å².